The standard InChI is InChI=1S/C15H14O2/c16-15(13-9-5-2-6-10-13)11-17-14(15)12-7-3-1-4-8-12/h1-10,14,16H,11H2/t14-,15+/m1/s1. The molecule has 0 aliphatic carbocycles. The van der Waals surface area contributed by atoms with Gasteiger partial charge in [0.1, 0.15) is 11.7 Å². The van der Waals surface area contributed by atoms with Gasteiger partial charge in [0.25, 0.3) is 0 Å². The minimum Gasteiger partial charge on any atom is -0.380 e. The summed E-state index contributed by atoms with van der Waals surface area (Å²) in [4.78, 5) is 0. The van der Waals surface area contributed by atoms with Crippen LogP contribution in [0.4, 0.5) is 0 Å². The van der Waals surface area contributed by atoms with Crippen LogP contribution in [-0.2, 0) is 10.3 Å². The lowest BCUT2D eigenvalue weighted by Gasteiger charge is -2.45. The van der Waals surface area contributed by atoms with Gasteiger partial charge in [-0.3, -0.25) is 0 Å². The zero-order chi connectivity index (χ0) is 11.7. The van der Waals surface area contributed by atoms with Crippen molar-refractivity contribution in [2.75, 3.05) is 6.61 Å². The van der Waals surface area contributed by atoms with Crippen LogP contribution >= 0.6 is 0 Å². The molecule has 1 fully saturated rings. The maximum Gasteiger partial charge on any atom is 0.143 e. The van der Waals surface area contributed by atoms with Gasteiger partial charge in [0.15, 0.2) is 0 Å². The highest BCUT2D eigenvalue weighted by atomic mass is 16.6. The van der Waals surface area contributed by atoms with Crippen molar-refractivity contribution in [3.8, 4) is 0 Å². The molecule has 2 aromatic carbocycles. The first-order valence-electron chi connectivity index (χ1n) is 5.75. The highest BCUT2D eigenvalue weighted by Gasteiger charge is 2.49. The third kappa shape index (κ3) is 1.66. The van der Waals surface area contributed by atoms with Gasteiger partial charge >= 0.3 is 0 Å². The first kappa shape index (κ1) is 10.5. The number of benzene rings is 2. The van der Waals surface area contributed by atoms with E-state index in [0.717, 1.165) is 11.1 Å². The van der Waals surface area contributed by atoms with Gasteiger partial charge < -0.3 is 9.84 Å². The van der Waals surface area contributed by atoms with Crippen LogP contribution in [0.5, 0.6) is 0 Å². The summed E-state index contributed by atoms with van der Waals surface area (Å²) in [6.45, 7) is 0.358. The van der Waals surface area contributed by atoms with Crippen LogP contribution in [0.1, 0.15) is 17.2 Å². The molecule has 1 aliphatic heterocycles. The average Bonchev–Trinajstić information content (AvgIpc) is 2.39. The fourth-order valence-corrected chi connectivity index (χ4v) is 2.29. The highest BCUT2D eigenvalue weighted by Crippen LogP contribution is 2.46. The van der Waals surface area contributed by atoms with E-state index in [9.17, 15) is 5.11 Å². The Hall–Kier alpha value is -1.64. The van der Waals surface area contributed by atoms with Gasteiger partial charge in [-0.2, -0.15) is 0 Å². The molecule has 0 bridgehead atoms. The summed E-state index contributed by atoms with van der Waals surface area (Å²) in [6, 6.07) is 19.6. The van der Waals surface area contributed by atoms with Crippen LogP contribution in [-0.4, -0.2) is 11.7 Å². The van der Waals surface area contributed by atoms with E-state index in [1.165, 1.54) is 0 Å². The third-order valence-electron chi connectivity index (χ3n) is 3.28. The molecule has 2 nitrogen and oxygen atoms in total. The van der Waals surface area contributed by atoms with Crippen LogP contribution in [0, 0.1) is 0 Å². The molecule has 0 radical (unpaired) electrons. The SMILES string of the molecule is O[C@]1(c2ccccc2)CO[C@@H]1c1ccccc1. The monoisotopic (exact) mass is 226 g/mol. The van der Waals surface area contributed by atoms with E-state index in [-0.39, 0.29) is 6.10 Å². The molecule has 3 rings (SSSR count). The average molecular weight is 226 g/mol. The molecule has 1 N–H and O–H groups in total. The minimum atomic E-state index is -0.886. The van der Waals surface area contributed by atoms with Gasteiger partial charge in [-0.25, -0.2) is 0 Å². The van der Waals surface area contributed by atoms with Crippen molar-refractivity contribution in [1.82, 2.24) is 0 Å². The van der Waals surface area contributed by atoms with Crippen molar-refractivity contribution in [3.05, 3.63) is 71.8 Å². The maximum atomic E-state index is 10.7. The highest BCUT2D eigenvalue weighted by molar-refractivity contribution is 5.32. The Morgan fingerprint density at radius 2 is 1.53 bits per heavy atom. The number of hydrogen-bond donors (Lipinski definition) is 1. The predicted octanol–water partition coefficient (Wildman–Crippen LogP) is 2.65. The van der Waals surface area contributed by atoms with E-state index in [0.29, 0.717) is 6.61 Å². The zero-order valence-corrected chi connectivity index (χ0v) is 9.41. The fourth-order valence-electron chi connectivity index (χ4n) is 2.29. The quantitative estimate of drug-likeness (QED) is 0.853. The Labute approximate surface area is 100 Å². The van der Waals surface area contributed by atoms with Crippen LogP contribution in [0.25, 0.3) is 0 Å². The van der Waals surface area contributed by atoms with Crippen molar-refractivity contribution >= 4 is 0 Å². The van der Waals surface area contributed by atoms with Crippen LogP contribution < -0.4 is 0 Å². The molecular formula is C15H14O2. The first-order valence-corrected chi connectivity index (χ1v) is 5.75. The molecule has 0 saturated carbocycles. The Kier molecular flexibility index (Phi) is 2.46. The van der Waals surface area contributed by atoms with E-state index < -0.39 is 5.60 Å². The number of hydrogen-bond acceptors (Lipinski definition) is 2. The number of ether oxygens (including phenoxy) is 1. The summed E-state index contributed by atoms with van der Waals surface area (Å²) < 4.78 is 5.54. The number of aliphatic hydroxyl groups is 1. The van der Waals surface area contributed by atoms with Gasteiger partial charge in [-0.1, -0.05) is 60.7 Å². The van der Waals surface area contributed by atoms with E-state index in [1.54, 1.807) is 0 Å². The van der Waals surface area contributed by atoms with Crippen molar-refractivity contribution < 1.29 is 9.84 Å². The smallest absolute Gasteiger partial charge is 0.143 e. The van der Waals surface area contributed by atoms with Crippen LogP contribution in [0.15, 0.2) is 60.7 Å². The molecule has 1 heterocycles. The molecule has 0 spiro atoms. The molecular weight excluding hydrogens is 212 g/mol. The summed E-state index contributed by atoms with van der Waals surface area (Å²) in [5.74, 6) is 0. The lowest BCUT2D eigenvalue weighted by molar-refractivity contribution is -0.249. The predicted molar refractivity (Wildman–Crippen MR) is 65.5 cm³/mol. The van der Waals surface area contributed by atoms with Crippen molar-refractivity contribution in [2.45, 2.75) is 11.7 Å². The summed E-state index contributed by atoms with van der Waals surface area (Å²) in [7, 11) is 0. The van der Waals surface area contributed by atoms with Gasteiger partial charge in [0.05, 0.1) is 6.61 Å². The van der Waals surface area contributed by atoms with E-state index >= 15 is 0 Å². The minimum absolute atomic E-state index is 0.258. The lowest BCUT2D eigenvalue weighted by Crippen LogP contribution is -2.49. The van der Waals surface area contributed by atoms with Crippen LogP contribution in [0.3, 0.4) is 0 Å². The Morgan fingerprint density at radius 1 is 0.941 bits per heavy atom. The molecule has 0 aromatic heterocycles. The van der Waals surface area contributed by atoms with Gasteiger partial charge in [-0.05, 0) is 11.1 Å². The molecule has 86 valence electrons. The summed E-state index contributed by atoms with van der Waals surface area (Å²) >= 11 is 0. The molecule has 1 saturated heterocycles. The largest absolute Gasteiger partial charge is 0.380 e. The maximum absolute atomic E-state index is 10.7. The molecule has 2 atom stereocenters. The summed E-state index contributed by atoms with van der Waals surface area (Å²) in [6.07, 6.45) is -0.258. The van der Waals surface area contributed by atoms with Crippen LogP contribution in [0.2, 0.25) is 0 Å². The second-order valence-corrected chi connectivity index (χ2v) is 4.39. The van der Waals surface area contributed by atoms with Crippen molar-refractivity contribution in [2.24, 2.45) is 0 Å². The molecule has 1 aliphatic rings. The second kappa shape index (κ2) is 3.99. The molecule has 2 aromatic rings. The van der Waals surface area contributed by atoms with Gasteiger partial charge in [-0.15, -0.1) is 0 Å². The van der Waals surface area contributed by atoms with Gasteiger partial charge in [0, 0.05) is 0 Å². The first-order chi connectivity index (χ1) is 8.31. The lowest BCUT2D eigenvalue weighted by atomic mass is 9.81. The molecule has 0 amide bonds. The van der Waals surface area contributed by atoms with E-state index in [4.69, 9.17) is 4.74 Å². The Morgan fingerprint density at radius 3 is 2.06 bits per heavy atom. The summed E-state index contributed by atoms with van der Waals surface area (Å²) in [5.41, 5.74) is 1.05. The Balaban J connectivity index is 1.95. The fraction of sp³-hybridized carbons (Fsp3) is 0.200. The normalized spacial score (nSPS) is 27.5. The third-order valence-corrected chi connectivity index (χ3v) is 3.28. The zero-order valence-electron chi connectivity index (χ0n) is 9.41. The second-order valence-electron chi connectivity index (χ2n) is 4.39. The topological polar surface area (TPSA) is 29.5 Å². The molecule has 2 heteroatoms. The number of rotatable bonds is 2. The Bertz CT molecular complexity index is 495. The van der Waals surface area contributed by atoms with E-state index in [1.807, 2.05) is 60.7 Å². The summed E-state index contributed by atoms with van der Waals surface area (Å²) in [5, 5.41) is 10.7. The van der Waals surface area contributed by atoms with Gasteiger partial charge in [0.2, 0.25) is 0 Å². The van der Waals surface area contributed by atoms with Crippen molar-refractivity contribution in [1.29, 1.82) is 0 Å². The molecule has 17 heavy (non-hydrogen) atoms. The molecule has 0 unspecified atom stereocenters. The van der Waals surface area contributed by atoms with E-state index in [2.05, 4.69) is 0 Å². The van der Waals surface area contributed by atoms with Crippen molar-refractivity contribution in [3.63, 3.8) is 0 Å².